The summed E-state index contributed by atoms with van der Waals surface area (Å²) in [4.78, 5) is 10.5. The Morgan fingerprint density at radius 1 is 1.25 bits per heavy atom. The fraction of sp³-hybridized carbons (Fsp3) is 0.353. The smallest absolute Gasteiger partial charge is 0.381 e. The Kier molecular flexibility index (Phi) is 5.19. The highest BCUT2D eigenvalue weighted by atomic mass is 28.3. The number of carboxylic acids is 1. The van der Waals surface area contributed by atoms with Gasteiger partial charge < -0.3 is 5.11 Å². The summed E-state index contributed by atoms with van der Waals surface area (Å²) in [5.74, 6) is 7.04. The molecule has 3 heteroatoms. The predicted molar refractivity (Wildman–Crippen MR) is 85.1 cm³/mol. The first-order valence-corrected chi connectivity index (χ1v) is 9.55. The van der Waals surface area contributed by atoms with Crippen molar-refractivity contribution in [3.8, 4) is 23.3 Å². The lowest BCUT2D eigenvalue weighted by molar-refractivity contribution is -0.130. The number of aliphatic carboxylic acids is 1. The molecule has 0 spiro atoms. The molecule has 0 aliphatic carbocycles. The molecule has 0 heterocycles. The molecule has 0 bridgehead atoms. The molecular weight excluding hydrogens is 264 g/mol. The molecule has 104 valence electrons. The van der Waals surface area contributed by atoms with E-state index in [4.69, 9.17) is 5.11 Å². The Morgan fingerprint density at radius 3 is 2.40 bits per heavy atom. The topological polar surface area (TPSA) is 37.3 Å². The Morgan fingerprint density at radius 2 is 1.85 bits per heavy atom. The van der Waals surface area contributed by atoms with E-state index >= 15 is 0 Å². The van der Waals surface area contributed by atoms with Gasteiger partial charge in [-0.2, -0.15) is 0 Å². The van der Waals surface area contributed by atoms with Gasteiger partial charge in [-0.3, -0.25) is 0 Å². The van der Waals surface area contributed by atoms with Crippen LogP contribution in [0.5, 0.6) is 0 Å². The van der Waals surface area contributed by atoms with E-state index in [9.17, 15) is 4.79 Å². The summed E-state index contributed by atoms with van der Waals surface area (Å²) in [5.41, 5.74) is 3.00. The number of carbonyl (C=O) groups is 1. The van der Waals surface area contributed by atoms with Gasteiger partial charge in [-0.15, -0.1) is 11.5 Å². The van der Waals surface area contributed by atoms with E-state index in [2.05, 4.69) is 48.5 Å². The van der Waals surface area contributed by atoms with Crippen molar-refractivity contribution in [2.24, 2.45) is 5.41 Å². The second kappa shape index (κ2) is 6.46. The third-order valence-corrected chi connectivity index (χ3v) is 5.51. The van der Waals surface area contributed by atoms with E-state index < -0.39 is 19.5 Å². The molecule has 0 aromatic heterocycles. The minimum atomic E-state index is -1.75. The second-order valence-corrected chi connectivity index (χ2v) is 9.99. The van der Waals surface area contributed by atoms with Gasteiger partial charge in [0, 0.05) is 17.8 Å². The van der Waals surface area contributed by atoms with Gasteiger partial charge in [0.25, 0.3) is 0 Å². The van der Waals surface area contributed by atoms with E-state index in [0.29, 0.717) is 6.42 Å². The number of rotatable bonds is 2. The molecule has 0 unspecified atom stereocenters. The fourth-order valence-electron chi connectivity index (χ4n) is 1.68. The molecule has 0 aliphatic rings. The highest BCUT2D eigenvalue weighted by Gasteiger charge is 2.21. The van der Waals surface area contributed by atoms with Crippen molar-refractivity contribution in [1.82, 2.24) is 0 Å². The maximum atomic E-state index is 10.5. The summed E-state index contributed by atoms with van der Waals surface area (Å²) in [6.07, 6.45) is 0.580. The Balaban J connectivity index is 2.81. The molecule has 1 N–H and O–H groups in total. The van der Waals surface area contributed by atoms with Crippen molar-refractivity contribution in [2.45, 2.75) is 33.4 Å². The largest absolute Gasteiger partial charge is 0.472 e. The van der Waals surface area contributed by atoms with Crippen molar-refractivity contribution in [2.75, 3.05) is 0 Å². The van der Waals surface area contributed by atoms with Crippen LogP contribution in [0.1, 0.15) is 20.3 Å². The van der Waals surface area contributed by atoms with Crippen LogP contribution in [0.4, 0.5) is 0 Å². The first-order valence-electron chi connectivity index (χ1n) is 6.55. The Labute approximate surface area is 122 Å². The normalized spacial score (nSPS) is 10.8. The quantitative estimate of drug-likeness (QED) is 0.669. The van der Waals surface area contributed by atoms with Crippen molar-refractivity contribution >= 4 is 19.2 Å². The molecule has 2 nitrogen and oxygen atoms in total. The zero-order chi connectivity index (χ0) is 15.2. The van der Waals surface area contributed by atoms with Crippen LogP contribution in [-0.2, 0) is 4.79 Å². The summed E-state index contributed by atoms with van der Waals surface area (Å²) < 4.78 is 0. The minimum absolute atomic E-state index is 0.396. The van der Waals surface area contributed by atoms with Gasteiger partial charge in [0.2, 0.25) is 0 Å². The molecule has 1 aromatic rings. The molecule has 1 aromatic carbocycles. The monoisotopic (exact) mass is 284 g/mol. The van der Waals surface area contributed by atoms with Crippen LogP contribution in [0.25, 0.3) is 0 Å². The average molecular weight is 284 g/mol. The third kappa shape index (κ3) is 5.34. The first kappa shape index (κ1) is 16.1. The Hall–Kier alpha value is -1.97. The molecule has 0 radical (unpaired) electrons. The first-order chi connectivity index (χ1) is 9.23. The fourth-order valence-corrected chi connectivity index (χ4v) is 3.38. The van der Waals surface area contributed by atoms with Crippen LogP contribution < -0.4 is 5.19 Å². The van der Waals surface area contributed by atoms with E-state index in [1.54, 1.807) is 0 Å². The van der Waals surface area contributed by atoms with E-state index in [0.717, 1.165) is 0 Å². The molecule has 0 saturated heterocycles. The maximum Gasteiger partial charge on any atom is 0.381 e. The highest BCUT2D eigenvalue weighted by molar-refractivity contribution is 6.96. The van der Waals surface area contributed by atoms with Gasteiger partial charge >= 0.3 is 5.97 Å². The summed E-state index contributed by atoms with van der Waals surface area (Å²) >= 11 is 0. The molecule has 1 rings (SSSR count). The van der Waals surface area contributed by atoms with E-state index in [-0.39, 0.29) is 0 Å². The SMILES string of the molecule is CC(C)(C#CC(=O)O)CC#C[Si](C)(C)c1ccccc1. The van der Waals surface area contributed by atoms with Crippen LogP contribution in [-0.4, -0.2) is 19.1 Å². The van der Waals surface area contributed by atoms with Crippen molar-refractivity contribution in [1.29, 1.82) is 0 Å². The lowest BCUT2D eigenvalue weighted by Crippen LogP contribution is -2.40. The second-order valence-electron chi connectivity index (χ2n) is 5.91. The zero-order valence-electron chi connectivity index (χ0n) is 12.4. The summed E-state index contributed by atoms with van der Waals surface area (Å²) in [6, 6.07) is 10.3. The number of hydrogen-bond acceptors (Lipinski definition) is 1. The summed E-state index contributed by atoms with van der Waals surface area (Å²) in [6.45, 7) is 8.25. The number of carboxylic acid groups (broad SMARTS) is 1. The average Bonchev–Trinajstić information content (AvgIpc) is 2.37. The lowest BCUT2D eigenvalue weighted by Gasteiger charge is -2.16. The molecule has 0 saturated carbocycles. The minimum Gasteiger partial charge on any atom is -0.472 e. The van der Waals surface area contributed by atoms with Gasteiger partial charge in [0.1, 0.15) is 0 Å². The number of hydrogen-bond donors (Lipinski definition) is 1. The third-order valence-electron chi connectivity index (χ3n) is 2.93. The zero-order valence-corrected chi connectivity index (χ0v) is 13.4. The van der Waals surface area contributed by atoms with Gasteiger partial charge in [-0.25, -0.2) is 4.79 Å². The standard InChI is InChI=1S/C17H20O2Si/c1-17(2,13-11-16(18)19)12-8-14-20(3,4)15-9-6-5-7-10-15/h5-7,9-10H,12H2,1-4H3,(H,18,19). The van der Waals surface area contributed by atoms with Crippen molar-refractivity contribution in [3.63, 3.8) is 0 Å². The van der Waals surface area contributed by atoms with Crippen LogP contribution in [0.15, 0.2) is 30.3 Å². The van der Waals surface area contributed by atoms with Gasteiger partial charge in [0.05, 0.1) is 0 Å². The van der Waals surface area contributed by atoms with Crippen molar-refractivity contribution in [3.05, 3.63) is 30.3 Å². The molecule has 0 aliphatic heterocycles. The molecule has 0 amide bonds. The van der Waals surface area contributed by atoms with Gasteiger partial charge in [0.15, 0.2) is 8.07 Å². The number of benzene rings is 1. The summed E-state index contributed by atoms with van der Waals surface area (Å²) in [5, 5.41) is 9.88. The Bertz CT molecular complexity index is 593. The molecular formula is C17H20O2Si. The van der Waals surface area contributed by atoms with Crippen LogP contribution in [0.3, 0.4) is 0 Å². The molecule has 0 fully saturated rings. The summed E-state index contributed by atoms with van der Waals surface area (Å²) in [7, 11) is -1.75. The predicted octanol–water partition coefficient (Wildman–Crippen LogP) is 2.65. The molecule has 20 heavy (non-hydrogen) atoms. The van der Waals surface area contributed by atoms with Crippen LogP contribution in [0, 0.1) is 28.7 Å². The van der Waals surface area contributed by atoms with Crippen molar-refractivity contribution < 1.29 is 9.90 Å². The highest BCUT2D eigenvalue weighted by Crippen LogP contribution is 2.17. The lowest BCUT2D eigenvalue weighted by atomic mass is 9.91. The van der Waals surface area contributed by atoms with Gasteiger partial charge in [-0.1, -0.05) is 49.3 Å². The van der Waals surface area contributed by atoms with E-state index in [1.165, 1.54) is 5.19 Å². The maximum absolute atomic E-state index is 10.5. The molecule has 0 atom stereocenters. The van der Waals surface area contributed by atoms with Crippen LogP contribution >= 0.6 is 0 Å². The van der Waals surface area contributed by atoms with Crippen LogP contribution in [0.2, 0.25) is 13.1 Å². The van der Waals surface area contributed by atoms with E-state index in [1.807, 2.05) is 32.0 Å². The van der Waals surface area contributed by atoms with Gasteiger partial charge in [-0.05, 0) is 19.0 Å².